The first-order chi connectivity index (χ1) is 16.4. The largest absolute Gasteiger partial charge is 0.490 e. The fourth-order valence-electron chi connectivity index (χ4n) is 4.67. The maximum atomic E-state index is 12.9. The number of ether oxygens (including phenoxy) is 3. The van der Waals surface area contributed by atoms with Gasteiger partial charge in [-0.2, -0.15) is 13.2 Å². The molecule has 0 spiro atoms. The molecule has 2 saturated heterocycles. The van der Waals surface area contributed by atoms with Crippen LogP contribution in [0.1, 0.15) is 25.0 Å². The molecule has 10 heteroatoms. The lowest BCUT2D eigenvalue weighted by atomic mass is 9.99. The van der Waals surface area contributed by atoms with E-state index in [2.05, 4.69) is 4.98 Å². The lowest BCUT2D eigenvalue weighted by molar-refractivity contribution is -0.141. The monoisotopic (exact) mass is 477 g/mol. The molecule has 0 bridgehead atoms. The Morgan fingerprint density at radius 1 is 1.06 bits per heavy atom. The molecule has 1 amide bonds. The Kier molecular flexibility index (Phi) is 6.24. The highest BCUT2D eigenvalue weighted by Crippen LogP contribution is 2.40. The summed E-state index contributed by atoms with van der Waals surface area (Å²) in [6, 6.07) is 7.84. The van der Waals surface area contributed by atoms with Crippen molar-refractivity contribution in [2.75, 3.05) is 44.4 Å². The molecule has 1 aromatic carbocycles. The van der Waals surface area contributed by atoms with E-state index in [4.69, 9.17) is 14.2 Å². The van der Waals surface area contributed by atoms with Gasteiger partial charge in [0, 0.05) is 38.2 Å². The van der Waals surface area contributed by atoms with Gasteiger partial charge in [-0.25, -0.2) is 4.98 Å². The van der Waals surface area contributed by atoms with Gasteiger partial charge in [-0.15, -0.1) is 0 Å². The number of pyridine rings is 1. The summed E-state index contributed by atoms with van der Waals surface area (Å²) >= 11 is 0. The number of amides is 1. The van der Waals surface area contributed by atoms with E-state index in [0.29, 0.717) is 62.3 Å². The Hall–Kier alpha value is -3.01. The lowest BCUT2D eigenvalue weighted by Crippen LogP contribution is -2.38. The van der Waals surface area contributed by atoms with Gasteiger partial charge in [-0.3, -0.25) is 4.79 Å². The maximum absolute atomic E-state index is 12.9. The van der Waals surface area contributed by atoms with E-state index >= 15 is 0 Å². The zero-order chi connectivity index (χ0) is 23.7. The van der Waals surface area contributed by atoms with E-state index in [0.717, 1.165) is 25.3 Å². The topological polar surface area (TPSA) is 64.1 Å². The fraction of sp³-hybridized carbons (Fsp3) is 0.500. The van der Waals surface area contributed by atoms with E-state index < -0.39 is 11.9 Å². The highest BCUT2D eigenvalue weighted by molar-refractivity contribution is 5.79. The van der Waals surface area contributed by atoms with Crippen LogP contribution in [0.3, 0.4) is 0 Å². The number of anilines is 2. The third kappa shape index (κ3) is 4.77. The number of halogens is 3. The molecular formula is C24H26F3N3O4. The minimum atomic E-state index is -4.48. The smallest absolute Gasteiger partial charge is 0.433 e. The van der Waals surface area contributed by atoms with Crippen LogP contribution in [-0.2, 0) is 15.7 Å². The molecule has 3 aliphatic rings. The van der Waals surface area contributed by atoms with Crippen LogP contribution in [0.25, 0.3) is 0 Å². The second kappa shape index (κ2) is 9.32. The number of fused-ring (bicyclic) bond motifs is 1. The predicted octanol–water partition coefficient (Wildman–Crippen LogP) is 4.04. The SMILES string of the molecule is O=C(C1CCOCC1)N1CCC(Oc2ccc3c(c2)N(c2ccc(C(F)(F)F)nc2)CCO3)C1. The summed E-state index contributed by atoms with van der Waals surface area (Å²) in [4.78, 5) is 20.1. The van der Waals surface area contributed by atoms with Crippen molar-refractivity contribution < 1.29 is 32.2 Å². The predicted molar refractivity (Wildman–Crippen MR) is 117 cm³/mol. The van der Waals surface area contributed by atoms with Crippen molar-refractivity contribution in [2.45, 2.75) is 31.5 Å². The molecule has 2 aromatic rings. The summed E-state index contributed by atoms with van der Waals surface area (Å²) in [6.07, 6.45) is -1.10. The molecule has 1 aromatic heterocycles. The Morgan fingerprint density at radius 3 is 2.62 bits per heavy atom. The van der Waals surface area contributed by atoms with E-state index in [9.17, 15) is 18.0 Å². The third-order valence-electron chi connectivity index (χ3n) is 6.47. The van der Waals surface area contributed by atoms with Crippen LogP contribution in [-0.4, -0.2) is 61.3 Å². The van der Waals surface area contributed by atoms with Crippen molar-refractivity contribution in [1.82, 2.24) is 9.88 Å². The van der Waals surface area contributed by atoms with Gasteiger partial charge in [0.05, 0.1) is 30.7 Å². The Bertz CT molecular complexity index is 1030. The van der Waals surface area contributed by atoms with Gasteiger partial charge in [0.1, 0.15) is 29.9 Å². The van der Waals surface area contributed by atoms with Crippen LogP contribution in [0.5, 0.6) is 11.5 Å². The van der Waals surface area contributed by atoms with E-state index in [1.807, 2.05) is 21.9 Å². The van der Waals surface area contributed by atoms with E-state index in [1.165, 1.54) is 12.3 Å². The van der Waals surface area contributed by atoms with Crippen molar-refractivity contribution in [2.24, 2.45) is 5.92 Å². The van der Waals surface area contributed by atoms with Gasteiger partial charge in [0.25, 0.3) is 0 Å². The average Bonchev–Trinajstić information content (AvgIpc) is 3.31. The number of rotatable bonds is 4. The molecule has 0 saturated carbocycles. The molecule has 1 unspecified atom stereocenters. The van der Waals surface area contributed by atoms with Gasteiger partial charge in [-0.05, 0) is 37.1 Å². The number of aromatic nitrogens is 1. The highest BCUT2D eigenvalue weighted by atomic mass is 19.4. The summed E-state index contributed by atoms with van der Waals surface area (Å²) in [5.74, 6) is 1.45. The summed E-state index contributed by atoms with van der Waals surface area (Å²) in [5.41, 5.74) is 0.324. The molecular weight excluding hydrogens is 451 g/mol. The Morgan fingerprint density at radius 2 is 1.88 bits per heavy atom. The summed E-state index contributed by atoms with van der Waals surface area (Å²) in [5, 5.41) is 0. The van der Waals surface area contributed by atoms with Crippen LogP contribution in [0.15, 0.2) is 36.5 Å². The number of carbonyl (C=O) groups is 1. The van der Waals surface area contributed by atoms with Crippen molar-refractivity contribution in [3.63, 3.8) is 0 Å². The number of benzene rings is 1. The molecule has 3 aliphatic heterocycles. The second-order valence-electron chi connectivity index (χ2n) is 8.73. The quantitative estimate of drug-likeness (QED) is 0.663. The molecule has 2 fully saturated rings. The average molecular weight is 477 g/mol. The van der Waals surface area contributed by atoms with Gasteiger partial charge in [0.2, 0.25) is 5.91 Å². The van der Waals surface area contributed by atoms with Crippen molar-refractivity contribution in [3.05, 3.63) is 42.2 Å². The molecule has 34 heavy (non-hydrogen) atoms. The summed E-state index contributed by atoms with van der Waals surface area (Å²) in [6.45, 7) is 3.34. The van der Waals surface area contributed by atoms with Crippen molar-refractivity contribution >= 4 is 17.3 Å². The Labute approximate surface area is 195 Å². The lowest BCUT2D eigenvalue weighted by Gasteiger charge is -2.31. The van der Waals surface area contributed by atoms with E-state index in [-0.39, 0.29) is 17.9 Å². The van der Waals surface area contributed by atoms with Crippen LogP contribution >= 0.6 is 0 Å². The minimum absolute atomic E-state index is 0.0271. The first-order valence-corrected chi connectivity index (χ1v) is 11.5. The van der Waals surface area contributed by atoms with E-state index in [1.54, 1.807) is 6.07 Å². The fourth-order valence-corrected chi connectivity index (χ4v) is 4.67. The summed E-state index contributed by atoms with van der Waals surface area (Å²) < 4.78 is 55.9. The van der Waals surface area contributed by atoms with Crippen molar-refractivity contribution in [3.8, 4) is 11.5 Å². The Balaban J connectivity index is 1.27. The molecule has 0 aliphatic carbocycles. The van der Waals surface area contributed by atoms with Crippen LogP contribution in [0.2, 0.25) is 0 Å². The minimum Gasteiger partial charge on any atom is -0.490 e. The number of alkyl halides is 3. The molecule has 0 N–H and O–H groups in total. The number of nitrogens with zero attached hydrogens (tertiary/aromatic N) is 3. The molecule has 5 rings (SSSR count). The molecule has 7 nitrogen and oxygen atoms in total. The van der Waals surface area contributed by atoms with Gasteiger partial charge >= 0.3 is 6.18 Å². The molecule has 182 valence electrons. The number of hydrogen-bond donors (Lipinski definition) is 0. The van der Waals surface area contributed by atoms with Crippen LogP contribution < -0.4 is 14.4 Å². The maximum Gasteiger partial charge on any atom is 0.433 e. The molecule has 0 radical (unpaired) electrons. The first-order valence-electron chi connectivity index (χ1n) is 11.5. The standard InChI is InChI=1S/C24H26F3N3O4/c25-24(26,27)22-4-1-17(14-28-22)30-9-12-33-21-3-2-18(13-20(21)30)34-19-5-8-29(15-19)23(31)16-6-10-32-11-7-16/h1-4,13-14,16,19H,5-12,15H2. The molecule has 4 heterocycles. The van der Waals surface area contributed by atoms with Crippen molar-refractivity contribution in [1.29, 1.82) is 0 Å². The zero-order valence-electron chi connectivity index (χ0n) is 18.6. The van der Waals surface area contributed by atoms with Crippen LogP contribution in [0, 0.1) is 5.92 Å². The van der Waals surface area contributed by atoms with Gasteiger partial charge in [-0.1, -0.05) is 0 Å². The summed E-state index contributed by atoms with van der Waals surface area (Å²) in [7, 11) is 0. The van der Waals surface area contributed by atoms with Gasteiger partial charge < -0.3 is 24.0 Å². The number of hydrogen-bond acceptors (Lipinski definition) is 6. The van der Waals surface area contributed by atoms with Crippen LogP contribution in [0.4, 0.5) is 24.5 Å². The zero-order valence-corrected chi connectivity index (χ0v) is 18.6. The number of likely N-dealkylation sites (tertiary alicyclic amines) is 1. The normalized spacial score (nSPS) is 21.2. The highest BCUT2D eigenvalue weighted by Gasteiger charge is 2.34. The first kappa shape index (κ1) is 22.8. The van der Waals surface area contributed by atoms with Gasteiger partial charge in [0.15, 0.2) is 0 Å². The molecule has 1 atom stereocenters. The number of carbonyl (C=O) groups excluding carboxylic acids is 1. The third-order valence-corrected chi connectivity index (χ3v) is 6.47. The second-order valence-corrected chi connectivity index (χ2v) is 8.73.